The third kappa shape index (κ3) is 3.14. The number of rotatable bonds is 4. The lowest BCUT2D eigenvalue weighted by molar-refractivity contribution is -0.284. The molecule has 0 aliphatic carbocycles. The van der Waals surface area contributed by atoms with Crippen molar-refractivity contribution < 1.29 is 23.0 Å². The van der Waals surface area contributed by atoms with Gasteiger partial charge in [-0.25, -0.2) is 23.1 Å². The molecule has 1 aromatic rings. The molecule has 1 aromatic heterocycles. The zero-order valence-electron chi connectivity index (χ0n) is 7.77. The molecule has 0 spiro atoms. The Kier molecular flexibility index (Phi) is 3.59. The van der Waals surface area contributed by atoms with Crippen molar-refractivity contribution >= 4 is 0 Å². The van der Waals surface area contributed by atoms with E-state index >= 15 is 0 Å². The number of nitrogens with zero attached hydrogens (tertiary/aromatic N) is 2. The fraction of sp³-hybridized carbons (Fsp3) is 0.500. The minimum absolute atomic E-state index is 0.0965. The van der Waals surface area contributed by atoms with Gasteiger partial charge >= 0.3 is 0 Å². The molecule has 4 nitrogen and oxygen atoms in total. The number of aliphatic hydroxyl groups is 1. The fourth-order valence-electron chi connectivity index (χ4n) is 0.896. The Bertz CT molecular complexity index is 308. The first kappa shape index (κ1) is 11.9. The molecule has 0 amide bonds. The molecule has 7 heteroatoms. The highest BCUT2D eigenvalue weighted by molar-refractivity contribution is 5.04. The largest absolute Gasteiger partial charge is 0.361 e. The van der Waals surface area contributed by atoms with Gasteiger partial charge in [0.1, 0.15) is 12.0 Å². The van der Waals surface area contributed by atoms with E-state index in [9.17, 15) is 18.3 Å². The molecule has 2 unspecified atom stereocenters. The van der Waals surface area contributed by atoms with E-state index in [1.165, 1.54) is 12.3 Å². The van der Waals surface area contributed by atoms with E-state index in [-0.39, 0.29) is 5.69 Å². The zero-order valence-corrected chi connectivity index (χ0v) is 7.77. The molecular formula is C8H9F3N2O2. The van der Waals surface area contributed by atoms with E-state index in [0.29, 0.717) is 0 Å². The molecule has 0 bridgehead atoms. The Morgan fingerprint density at radius 3 is 2.60 bits per heavy atom. The van der Waals surface area contributed by atoms with Crippen LogP contribution in [-0.2, 0) is 10.5 Å². The summed E-state index contributed by atoms with van der Waals surface area (Å²) in [6.07, 6.45) is -3.83. The summed E-state index contributed by atoms with van der Waals surface area (Å²) in [5.74, 6) is -2.21. The standard InChI is InChI=1S/C8H9F3N2O2/c1-8(14,15-7(11)6(9)10)5-2-3-12-4-13-5/h2-4,6-7,14H,1H3. The highest BCUT2D eigenvalue weighted by Crippen LogP contribution is 2.23. The van der Waals surface area contributed by atoms with Gasteiger partial charge in [0.05, 0.1) is 0 Å². The van der Waals surface area contributed by atoms with Crippen LogP contribution in [0.1, 0.15) is 12.6 Å². The van der Waals surface area contributed by atoms with Crippen molar-refractivity contribution in [3.05, 3.63) is 24.3 Å². The number of hydrogen-bond donors (Lipinski definition) is 1. The Morgan fingerprint density at radius 2 is 2.13 bits per heavy atom. The topological polar surface area (TPSA) is 55.2 Å². The molecule has 1 heterocycles. The lowest BCUT2D eigenvalue weighted by Gasteiger charge is -2.24. The number of alkyl halides is 3. The molecule has 0 saturated carbocycles. The zero-order chi connectivity index (χ0) is 11.5. The summed E-state index contributed by atoms with van der Waals surface area (Å²) >= 11 is 0. The van der Waals surface area contributed by atoms with Crippen molar-refractivity contribution in [1.29, 1.82) is 0 Å². The van der Waals surface area contributed by atoms with E-state index in [4.69, 9.17) is 0 Å². The second-order valence-electron chi connectivity index (χ2n) is 2.88. The van der Waals surface area contributed by atoms with Gasteiger partial charge in [-0.15, -0.1) is 0 Å². The number of hydrogen-bond acceptors (Lipinski definition) is 4. The Labute approximate surface area is 83.7 Å². The highest BCUT2D eigenvalue weighted by atomic mass is 19.3. The lowest BCUT2D eigenvalue weighted by Crippen LogP contribution is -2.33. The van der Waals surface area contributed by atoms with E-state index in [2.05, 4.69) is 14.7 Å². The summed E-state index contributed by atoms with van der Waals surface area (Å²) in [6.45, 7) is 1.02. The molecule has 1 rings (SSSR count). The van der Waals surface area contributed by atoms with Gasteiger partial charge in [-0.2, -0.15) is 0 Å². The van der Waals surface area contributed by atoms with Gasteiger partial charge in [-0.1, -0.05) is 0 Å². The molecule has 0 aromatic carbocycles. The van der Waals surface area contributed by atoms with Crippen molar-refractivity contribution in [2.24, 2.45) is 0 Å². The number of ether oxygens (including phenoxy) is 1. The molecule has 1 N–H and O–H groups in total. The molecule has 0 saturated heterocycles. The van der Waals surface area contributed by atoms with Crippen LogP contribution < -0.4 is 0 Å². The van der Waals surface area contributed by atoms with Gasteiger partial charge in [-0.3, -0.25) is 0 Å². The van der Waals surface area contributed by atoms with Crippen LogP contribution in [0.2, 0.25) is 0 Å². The van der Waals surface area contributed by atoms with Gasteiger partial charge in [0.2, 0.25) is 5.79 Å². The van der Waals surface area contributed by atoms with Crippen LogP contribution in [0.25, 0.3) is 0 Å². The SMILES string of the molecule is CC(O)(OC(F)C(F)F)c1ccncn1. The normalized spacial score (nSPS) is 17.5. The van der Waals surface area contributed by atoms with E-state index in [1.807, 2.05) is 0 Å². The average molecular weight is 222 g/mol. The van der Waals surface area contributed by atoms with E-state index < -0.39 is 18.6 Å². The van der Waals surface area contributed by atoms with Gasteiger partial charge in [-0.05, 0) is 13.0 Å². The highest BCUT2D eigenvalue weighted by Gasteiger charge is 2.33. The first-order valence-corrected chi connectivity index (χ1v) is 4.02. The molecule has 84 valence electrons. The Hall–Kier alpha value is -1.21. The van der Waals surface area contributed by atoms with Crippen LogP contribution in [0.3, 0.4) is 0 Å². The maximum Gasteiger partial charge on any atom is 0.293 e. The quantitative estimate of drug-likeness (QED) is 0.778. The smallest absolute Gasteiger partial charge is 0.293 e. The van der Waals surface area contributed by atoms with Crippen molar-refractivity contribution in [3.8, 4) is 0 Å². The van der Waals surface area contributed by atoms with Crippen LogP contribution in [0.5, 0.6) is 0 Å². The summed E-state index contributed by atoms with van der Waals surface area (Å²) < 4.78 is 40.3. The minimum Gasteiger partial charge on any atom is -0.361 e. The second-order valence-corrected chi connectivity index (χ2v) is 2.88. The van der Waals surface area contributed by atoms with Gasteiger partial charge in [0, 0.05) is 6.20 Å². The van der Waals surface area contributed by atoms with Crippen LogP contribution in [0, 0.1) is 0 Å². The Balaban J connectivity index is 2.75. The summed E-state index contributed by atoms with van der Waals surface area (Å²) in [6, 6.07) is 1.23. The fourth-order valence-corrected chi connectivity index (χ4v) is 0.896. The van der Waals surface area contributed by atoms with Crippen LogP contribution in [0.4, 0.5) is 13.2 Å². The molecule has 0 fully saturated rings. The first-order chi connectivity index (χ1) is 6.93. The first-order valence-electron chi connectivity index (χ1n) is 4.02. The van der Waals surface area contributed by atoms with Gasteiger partial charge < -0.3 is 9.84 Å². The van der Waals surface area contributed by atoms with Gasteiger partial charge in [0.25, 0.3) is 12.8 Å². The molecule has 2 atom stereocenters. The average Bonchev–Trinajstić information content (AvgIpc) is 2.18. The summed E-state index contributed by atoms with van der Waals surface area (Å²) in [5, 5.41) is 9.52. The molecule has 0 radical (unpaired) electrons. The van der Waals surface area contributed by atoms with E-state index in [1.54, 1.807) is 0 Å². The van der Waals surface area contributed by atoms with Crippen molar-refractivity contribution in [2.75, 3.05) is 0 Å². The van der Waals surface area contributed by atoms with Gasteiger partial charge in [0.15, 0.2) is 0 Å². The second kappa shape index (κ2) is 4.54. The molecule has 0 aliphatic heterocycles. The molecular weight excluding hydrogens is 213 g/mol. The number of halogens is 3. The van der Waals surface area contributed by atoms with Crippen LogP contribution >= 0.6 is 0 Å². The lowest BCUT2D eigenvalue weighted by atomic mass is 10.2. The third-order valence-corrected chi connectivity index (χ3v) is 1.60. The molecule has 15 heavy (non-hydrogen) atoms. The van der Waals surface area contributed by atoms with Crippen molar-refractivity contribution in [1.82, 2.24) is 9.97 Å². The maximum atomic E-state index is 12.5. The minimum atomic E-state index is -3.32. The maximum absolute atomic E-state index is 12.5. The number of aromatic nitrogens is 2. The van der Waals surface area contributed by atoms with Crippen LogP contribution in [0.15, 0.2) is 18.6 Å². The Morgan fingerprint density at radius 1 is 1.47 bits per heavy atom. The van der Waals surface area contributed by atoms with Crippen LogP contribution in [-0.4, -0.2) is 27.9 Å². The predicted molar refractivity (Wildman–Crippen MR) is 43.6 cm³/mol. The molecule has 0 aliphatic rings. The van der Waals surface area contributed by atoms with Crippen molar-refractivity contribution in [3.63, 3.8) is 0 Å². The summed E-state index contributed by atoms with van der Waals surface area (Å²) in [7, 11) is 0. The third-order valence-electron chi connectivity index (χ3n) is 1.60. The monoisotopic (exact) mass is 222 g/mol. The summed E-state index contributed by atoms with van der Waals surface area (Å²) in [5.41, 5.74) is -0.0965. The predicted octanol–water partition coefficient (Wildman–Crippen LogP) is 1.22. The van der Waals surface area contributed by atoms with E-state index in [0.717, 1.165) is 13.3 Å². The summed E-state index contributed by atoms with van der Waals surface area (Å²) in [4.78, 5) is 7.12. The van der Waals surface area contributed by atoms with Crippen molar-refractivity contribution in [2.45, 2.75) is 25.5 Å².